The minimum absolute atomic E-state index is 0.550. The molecule has 0 aliphatic carbocycles. The number of aromatic nitrogens is 2. The first kappa shape index (κ1) is 8.08. The highest BCUT2D eigenvalue weighted by Gasteiger charge is 2.05. The van der Waals surface area contributed by atoms with Gasteiger partial charge in [-0.15, -0.1) is 0 Å². The van der Waals surface area contributed by atoms with E-state index in [0.29, 0.717) is 5.15 Å². The van der Waals surface area contributed by atoms with Crippen LogP contribution in [-0.4, -0.2) is 9.78 Å². The van der Waals surface area contributed by atoms with E-state index in [1.165, 1.54) is 0 Å². The standard InChI is InChI=1S/C8H6BrClN2/c1-12-7-3-2-5(9)4-6(7)8(10)11-12/h2-4H,1H3. The van der Waals surface area contributed by atoms with Crippen molar-refractivity contribution in [2.75, 3.05) is 0 Å². The summed E-state index contributed by atoms with van der Waals surface area (Å²) >= 11 is 9.28. The van der Waals surface area contributed by atoms with Crippen LogP contribution in [0.3, 0.4) is 0 Å². The molecule has 0 bridgehead atoms. The van der Waals surface area contributed by atoms with E-state index in [4.69, 9.17) is 11.6 Å². The topological polar surface area (TPSA) is 17.8 Å². The molecule has 0 amide bonds. The van der Waals surface area contributed by atoms with Gasteiger partial charge in [-0.3, -0.25) is 4.68 Å². The molecule has 12 heavy (non-hydrogen) atoms. The molecule has 0 N–H and O–H groups in total. The Balaban J connectivity index is 2.90. The van der Waals surface area contributed by atoms with Gasteiger partial charge in [0.1, 0.15) is 0 Å². The largest absolute Gasteiger partial charge is 0.266 e. The van der Waals surface area contributed by atoms with E-state index in [0.717, 1.165) is 15.4 Å². The summed E-state index contributed by atoms with van der Waals surface area (Å²) < 4.78 is 2.79. The zero-order valence-electron chi connectivity index (χ0n) is 6.38. The number of nitrogens with zero attached hydrogens (tertiary/aromatic N) is 2. The van der Waals surface area contributed by atoms with E-state index >= 15 is 0 Å². The number of halogens is 2. The summed E-state index contributed by atoms with van der Waals surface area (Å²) in [5.41, 5.74) is 1.04. The van der Waals surface area contributed by atoms with Gasteiger partial charge in [0.2, 0.25) is 0 Å². The number of hydrogen-bond donors (Lipinski definition) is 0. The molecule has 0 atom stereocenters. The molecule has 0 saturated heterocycles. The third kappa shape index (κ3) is 1.13. The van der Waals surface area contributed by atoms with Crippen molar-refractivity contribution in [1.29, 1.82) is 0 Å². The lowest BCUT2D eigenvalue weighted by atomic mass is 10.3. The molecular formula is C8H6BrClN2. The molecule has 0 fully saturated rings. The Hall–Kier alpha value is -0.540. The van der Waals surface area contributed by atoms with Gasteiger partial charge in [0.15, 0.2) is 5.15 Å². The van der Waals surface area contributed by atoms with Gasteiger partial charge in [0.25, 0.3) is 0 Å². The maximum atomic E-state index is 5.90. The lowest BCUT2D eigenvalue weighted by molar-refractivity contribution is 0.797. The molecule has 2 aromatic rings. The SMILES string of the molecule is Cn1nc(Cl)c2cc(Br)ccc21. The van der Waals surface area contributed by atoms with Crippen LogP contribution in [0.2, 0.25) is 5.15 Å². The van der Waals surface area contributed by atoms with Crippen molar-refractivity contribution >= 4 is 38.4 Å². The van der Waals surface area contributed by atoms with Crippen LogP contribution in [-0.2, 0) is 7.05 Å². The van der Waals surface area contributed by atoms with Crippen LogP contribution in [0, 0.1) is 0 Å². The highest BCUT2D eigenvalue weighted by molar-refractivity contribution is 9.10. The van der Waals surface area contributed by atoms with Crippen LogP contribution in [0.1, 0.15) is 0 Å². The van der Waals surface area contributed by atoms with Crippen LogP contribution >= 0.6 is 27.5 Å². The van der Waals surface area contributed by atoms with Crippen molar-refractivity contribution in [2.24, 2.45) is 7.05 Å². The van der Waals surface area contributed by atoms with E-state index in [9.17, 15) is 0 Å². The second kappa shape index (κ2) is 2.75. The monoisotopic (exact) mass is 244 g/mol. The molecule has 62 valence electrons. The van der Waals surface area contributed by atoms with Crippen LogP contribution in [0.4, 0.5) is 0 Å². The van der Waals surface area contributed by atoms with Gasteiger partial charge in [0.05, 0.1) is 5.52 Å². The Kier molecular flexibility index (Phi) is 1.85. The zero-order chi connectivity index (χ0) is 8.72. The summed E-state index contributed by atoms with van der Waals surface area (Å²) in [5.74, 6) is 0. The first-order valence-electron chi connectivity index (χ1n) is 3.46. The van der Waals surface area contributed by atoms with E-state index in [1.54, 1.807) is 4.68 Å². The molecule has 0 unspecified atom stereocenters. The number of hydrogen-bond acceptors (Lipinski definition) is 1. The van der Waals surface area contributed by atoms with E-state index in [2.05, 4.69) is 21.0 Å². The first-order chi connectivity index (χ1) is 5.68. The number of aryl methyl sites for hydroxylation is 1. The molecule has 1 heterocycles. The highest BCUT2D eigenvalue weighted by Crippen LogP contribution is 2.25. The van der Waals surface area contributed by atoms with E-state index < -0.39 is 0 Å². The Morgan fingerprint density at radius 3 is 3.00 bits per heavy atom. The summed E-state index contributed by atoms with van der Waals surface area (Å²) in [5, 5.41) is 5.62. The molecule has 0 aliphatic heterocycles. The lowest BCUT2D eigenvalue weighted by Gasteiger charge is -1.92. The quantitative estimate of drug-likeness (QED) is 0.698. The Morgan fingerprint density at radius 2 is 2.25 bits per heavy atom. The van der Waals surface area contributed by atoms with Crippen LogP contribution < -0.4 is 0 Å². The van der Waals surface area contributed by atoms with Gasteiger partial charge in [-0.05, 0) is 18.2 Å². The Labute approximate surface area is 83.3 Å². The van der Waals surface area contributed by atoms with Crippen molar-refractivity contribution < 1.29 is 0 Å². The fourth-order valence-electron chi connectivity index (χ4n) is 1.20. The fourth-order valence-corrected chi connectivity index (χ4v) is 1.82. The Morgan fingerprint density at radius 1 is 1.50 bits per heavy atom. The normalized spacial score (nSPS) is 10.9. The summed E-state index contributed by atoms with van der Waals surface area (Å²) in [7, 11) is 1.88. The third-order valence-electron chi connectivity index (χ3n) is 1.77. The lowest BCUT2D eigenvalue weighted by Crippen LogP contribution is -1.87. The van der Waals surface area contributed by atoms with E-state index in [1.807, 2.05) is 25.2 Å². The van der Waals surface area contributed by atoms with Gasteiger partial charge in [-0.2, -0.15) is 5.10 Å². The molecule has 2 nitrogen and oxygen atoms in total. The van der Waals surface area contributed by atoms with E-state index in [-0.39, 0.29) is 0 Å². The van der Waals surface area contributed by atoms with Gasteiger partial charge in [-0.1, -0.05) is 27.5 Å². The predicted octanol–water partition coefficient (Wildman–Crippen LogP) is 2.99. The second-order valence-electron chi connectivity index (χ2n) is 2.58. The van der Waals surface area contributed by atoms with Gasteiger partial charge in [-0.25, -0.2) is 0 Å². The summed E-state index contributed by atoms with van der Waals surface area (Å²) in [4.78, 5) is 0. The van der Waals surface area contributed by atoms with Crippen molar-refractivity contribution in [2.45, 2.75) is 0 Å². The third-order valence-corrected chi connectivity index (χ3v) is 2.54. The summed E-state index contributed by atoms with van der Waals surface area (Å²) in [6.45, 7) is 0. The molecule has 4 heteroatoms. The molecule has 2 rings (SSSR count). The van der Waals surface area contributed by atoms with Crippen molar-refractivity contribution in [3.63, 3.8) is 0 Å². The summed E-state index contributed by atoms with van der Waals surface area (Å²) in [6, 6.07) is 5.92. The maximum Gasteiger partial charge on any atom is 0.158 e. The minimum atomic E-state index is 0.550. The molecule has 0 radical (unpaired) electrons. The molecule has 0 saturated carbocycles. The smallest absolute Gasteiger partial charge is 0.158 e. The molecule has 1 aromatic heterocycles. The molecule has 0 spiro atoms. The molecular weight excluding hydrogens is 239 g/mol. The van der Waals surface area contributed by atoms with Crippen molar-refractivity contribution in [1.82, 2.24) is 9.78 Å². The summed E-state index contributed by atoms with van der Waals surface area (Å²) in [6.07, 6.45) is 0. The Bertz CT molecular complexity index is 436. The van der Waals surface area contributed by atoms with Crippen LogP contribution in [0.5, 0.6) is 0 Å². The van der Waals surface area contributed by atoms with Crippen molar-refractivity contribution in [3.05, 3.63) is 27.8 Å². The first-order valence-corrected chi connectivity index (χ1v) is 4.63. The average Bonchev–Trinajstić information content (AvgIpc) is 2.28. The zero-order valence-corrected chi connectivity index (χ0v) is 8.72. The van der Waals surface area contributed by atoms with Crippen molar-refractivity contribution in [3.8, 4) is 0 Å². The number of benzene rings is 1. The number of fused-ring (bicyclic) bond motifs is 1. The highest BCUT2D eigenvalue weighted by atomic mass is 79.9. The van der Waals surface area contributed by atoms with Crippen LogP contribution in [0.25, 0.3) is 10.9 Å². The average molecular weight is 246 g/mol. The fraction of sp³-hybridized carbons (Fsp3) is 0.125. The minimum Gasteiger partial charge on any atom is -0.266 e. The second-order valence-corrected chi connectivity index (χ2v) is 3.85. The molecule has 0 aliphatic rings. The van der Waals surface area contributed by atoms with Gasteiger partial charge >= 0.3 is 0 Å². The molecule has 1 aromatic carbocycles. The number of rotatable bonds is 0. The van der Waals surface area contributed by atoms with Gasteiger partial charge < -0.3 is 0 Å². The van der Waals surface area contributed by atoms with Crippen LogP contribution in [0.15, 0.2) is 22.7 Å². The predicted molar refractivity (Wildman–Crippen MR) is 53.4 cm³/mol. The van der Waals surface area contributed by atoms with Gasteiger partial charge in [0, 0.05) is 16.9 Å². The maximum absolute atomic E-state index is 5.90.